The molecule has 29 heavy (non-hydrogen) atoms. The molecule has 2 aromatic heterocycles. The Morgan fingerprint density at radius 1 is 1.28 bits per heavy atom. The number of likely N-dealkylation sites (N-methyl/N-ethyl adjacent to an activating group) is 1. The minimum absolute atomic E-state index is 0.00653. The number of aliphatic carboxylic acids is 1. The summed E-state index contributed by atoms with van der Waals surface area (Å²) < 4.78 is 13.7. The van der Waals surface area contributed by atoms with E-state index < -0.39 is 5.97 Å². The molecule has 0 saturated carbocycles. The quantitative estimate of drug-likeness (QED) is 0.488. The maximum absolute atomic E-state index is 11.2. The van der Waals surface area contributed by atoms with Gasteiger partial charge in [-0.3, -0.25) is 4.79 Å². The average Bonchev–Trinajstić information content (AvgIpc) is 3.29. The molecule has 0 atom stereocenters. The molecule has 0 fully saturated rings. The van der Waals surface area contributed by atoms with Gasteiger partial charge in [-0.05, 0) is 42.8 Å². The predicted octanol–water partition coefficient (Wildman–Crippen LogP) is 3.94. The molecule has 4 rings (SSSR count). The molecule has 0 aliphatic rings. The fourth-order valence-electron chi connectivity index (χ4n) is 3.42. The first kappa shape index (κ1) is 18.9. The van der Waals surface area contributed by atoms with Gasteiger partial charge in [-0.15, -0.1) is 0 Å². The number of hydrogen-bond acceptors (Lipinski definition) is 5. The van der Waals surface area contributed by atoms with Crippen molar-refractivity contribution in [3.8, 4) is 5.75 Å². The van der Waals surface area contributed by atoms with Crippen molar-refractivity contribution in [2.45, 2.75) is 19.9 Å². The van der Waals surface area contributed by atoms with Crippen molar-refractivity contribution < 1.29 is 19.1 Å². The van der Waals surface area contributed by atoms with Gasteiger partial charge in [0, 0.05) is 30.7 Å². The van der Waals surface area contributed by atoms with E-state index in [0.29, 0.717) is 24.9 Å². The van der Waals surface area contributed by atoms with Gasteiger partial charge < -0.3 is 23.7 Å². The van der Waals surface area contributed by atoms with Gasteiger partial charge in [0.15, 0.2) is 5.58 Å². The molecule has 0 radical (unpaired) electrons. The number of oxazole rings is 1. The SMILES string of the molecule is CCn1cc(CC(=O)O)c2cc(OCCN(C)c3nc4ccccc4o3)ccc21. The number of aromatic nitrogens is 2. The third kappa shape index (κ3) is 3.89. The summed E-state index contributed by atoms with van der Waals surface area (Å²) in [4.78, 5) is 17.6. The second kappa shape index (κ2) is 7.87. The molecule has 2 aromatic carbocycles. The standard InChI is InChI=1S/C22H23N3O4/c1-3-25-14-15(12-21(26)27)17-13-16(8-9-19(17)25)28-11-10-24(2)22-23-18-6-4-5-7-20(18)29-22/h4-9,13-14H,3,10-12H2,1-2H3,(H,26,27). The van der Waals surface area contributed by atoms with Gasteiger partial charge in [0.2, 0.25) is 0 Å². The molecule has 2 heterocycles. The second-order valence-corrected chi connectivity index (χ2v) is 6.92. The van der Waals surface area contributed by atoms with Crippen molar-refractivity contribution in [3.05, 3.63) is 54.2 Å². The zero-order valence-corrected chi connectivity index (χ0v) is 16.5. The molecule has 0 spiro atoms. The van der Waals surface area contributed by atoms with Gasteiger partial charge in [0.05, 0.1) is 13.0 Å². The molecule has 0 aliphatic carbocycles. The summed E-state index contributed by atoms with van der Waals surface area (Å²) in [6.07, 6.45) is 1.90. The fraction of sp³-hybridized carbons (Fsp3) is 0.273. The summed E-state index contributed by atoms with van der Waals surface area (Å²) in [5, 5.41) is 10.1. The lowest BCUT2D eigenvalue weighted by Crippen LogP contribution is -2.23. The Hall–Kier alpha value is -3.48. The lowest BCUT2D eigenvalue weighted by molar-refractivity contribution is -0.136. The molecule has 1 N–H and O–H groups in total. The number of hydrogen-bond donors (Lipinski definition) is 1. The lowest BCUT2D eigenvalue weighted by Gasteiger charge is -2.15. The summed E-state index contributed by atoms with van der Waals surface area (Å²) in [5.74, 6) is -0.129. The van der Waals surface area contributed by atoms with Crippen LogP contribution in [0.3, 0.4) is 0 Å². The highest BCUT2D eigenvalue weighted by Crippen LogP contribution is 2.27. The largest absolute Gasteiger partial charge is 0.492 e. The van der Waals surface area contributed by atoms with Crippen molar-refractivity contribution in [2.75, 3.05) is 25.1 Å². The monoisotopic (exact) mass is 393 g/mol. The number of benzene rings is 2. The van der Waals surface area contributed by atoms with Gasteiger partial charge in [-0.25, -0.2) is 0 Å². The first-order valence-corrected chi connectivity index (χ1v) is 9.58. The van der Waals surface area contributed by atoms with Crippen LogP contribution >= 0.6 is 0 Å². The van der Waals surface area contributed by atoms with Crippen LogP contribution in [0.2, 0.25) is 0 Å². The van der Waals surface area contributed by atoms with Crippen LogP contribution in [-0.4, -0.2) is 40.8 Å². The van der Waals surface area contributed by atoms with E-state index in [1.54, 1.807) is 0 Å². The summed E-state index contributed by atoms with van der Waals surface area (Å²) in [6.45, 7) is 3.87. The van der Waals surface area contributed by atoms with Crippen LogP contribution < -0.4 is 9.64 Å². The predicted molar refractivity (Wildman–Crippen MR) is 112 cm³/mol. The fourth-order valence-corrected chi connectivity index (χ4v) is 3.42. The summed E-state index contributed by atoms with van der Waals surface area (Å²) in [6, 6.07) is 14.0. The van der Waals surface area contributed by atoms with Gasteiger partial charge in [-0.2, -0.15) is 4.98 Å². The van der Waals surface area contributed by atoms with E-state index in [9.17, 15) is 9.90 Å². The summed E-state index contributed by atoms with van der Waals surface area (Å²) in [7, 11) is 1.91. The number of ether oxygens (including phenoxy) is 1. The molecule has 0 aliphatic heterocycles. The van der Waals surface area contributed by atoms with Crippen LogP contribution in [0, 0.1) is 0 Å². The van der Waals surface area contributed by atoms with Crippen molar-refractivity contribution >= 4 is 34.0 Å². The number of aryl methyl sites for hydroxylation is 1. The van der Waals surface area contributed by atoms with Gasteiger partial charge in [-0.1, -0.05) is 12.1 Å². The van der Waals surface area contributed by atoms with E-state index in [1.807, 2.05) is 67.5 Å². The normalized spacial score (nSPS) is 11.2. The highest BCUT2D eigenvalue weighted by molar-refractivity contribution is 5.88. The average molecular weight is 393 g/mol. The minimum Gasteiger partial charge on any atom is -0.492 e. The van der Waals surface area contributed by atoms with E-state index in [-0.39, 0.29) is 6.42 Å². The Balaban J connectivity index is 1.45. The van der Waals surface area contributed by atoms with Crippen LogP contribution in [-0.2, 0) is 17.8 Å². The van der Waals surface area contributed by atoms with Crippen LogP contribution in [0.4, 0.5) is 6.01 Å². The van der Waals surface area contributed by atoms with Crippen molar-refractivity contribution in [2.24, 2.45) is 0 Å². The van der Waals surface area contributed by atoms with Crippen LogP contribution in [0.5, 0.6) is 5.75 Å². The van der Waals surface area contributed by atoms with Gasteiger partial charge in [0.1, 0.15) is 17.9 Å². The Morgan fingerprint density at radius 3 is 2.86 bits per heavy atom. The smallest absolute Gasteiger partial charge is 0.307 e. The molecule has 150 valence electrons. The van der Waals surface area contributed by atoms with E-state index in [4.69, 9.17) is 9.15 Å². The van der Waals surface area contributed by atoms with Crippen molar-refractivity contribution in [1.82, 2.24) is 9.55 Å². The van der Waals surface area contributed by atoms with E-state index in [0.717, 1.165) is 34.1 Å². The molecule has 0 amide bonds. The molecule has 7 nitrogen and oxygen atoms in total. The molecular weight excluding hydrogens is 370 g/mol. The third-order valence-electron chi connectivity index (χ3n) is 4.92. The number of rotatable bonds is 8. The maximum atomic E-state index is 11.2. The first-order valence-electron chi connectivity index (χ1n) is 9.58. The van der Waals surface area contributed by atoms with E-state index in [2.05, 4.69) is 9.55 Å². The molecular formula is C22H23N3O4. The Bertz CT molecular complexity index is 1130. The Kier molecular flexibility index (Phi) is 5.12. The third-order valence-corrected chi connectivity index (χ3v) is 4.92. The van der Waals surface area contributed by atoms with E-state index >= 15 is 0 Å². The zero-order valence-electron chi connectivity index (χ0n) is 16.5. The number of anilines is 1. The Morgan fingerprint density at radius 2 is 2.10 bits per heavy atom. The van der Waals surface area contributed by atoms with Gasteiger partial charge in [0.25, 0.3) is 6.01 Å². The van der Waals surface area contributed by atoms with Crippen LogP contribution in [0.15, 0.2) is 53.1 Å². The minimum atomic E-state index is -0.841. The highest BCUT2D eigenvalue weighted by Gasteiger charge is 2.13. The van der Waals surface area contributed by atoms with Crippen molar-refractivity contribution in [1.29, 1.82) is 0 Å². The Labute approximate surface area is 168 Å². The topological polar surface area (TPSA) is 80.7 Å². The second-order valence-electron chi connectivity index (χ2n) is 6.92. The van der Waals surface area contributed by atoms with Crippen LogP contribution in [0.1, 0.15) is 12.5 Å². The first-order chi connectivity index (χ1) is 14.0. The number of carboxylic acid groups (broad SMARTS) is 1. The molecule has 4 aromatic rings. The summed E-state index contributed by atoms with van der Waals surface area (Å²) in [5.41, 5.74) is 3.39. The number of para-hydroxylation sites is 2. The number of carboxylic acids is 1. The zero-order chi connectivity index (χ0) is 20.4. The van der Waals surface area contributed by atoms with E-state index in [1.165, 1.54) is 0 Å². The van der Waals surface area contributed by atoms with Gasteiger partial charge >= 0.3 is 5.97 Å². The number of nitrogens with zero attached hydrogens (tertiary/aromatic N) is 3. The number of fused-ring (bicyclic) bond motifs is 2. The maximum Gasteiger partial charge on any atom is 0.307 e. The molecule has 0 bridgehead atoms. The molecule has 0 unspecified atom stereocenters. The highest BCUT2D eigenvalue weighted by atomic mass is 16.5. The number of carbonyl (C=O) groups is 1. The molecule has 0 saturated heterocycles. The molecule has 7 heteroatoms. The van der Waals surface area contributed by atoms with Crippen LogP contribution in [0.25, 0.3) is 22.0 Å². The van der Waals surface area contributed by atoms with Crippen molar-refractivity contribution in [3.63, 3.8) is 0 Å². The lowest BCUT2D eigenvalue weighted by atomic mass is 10.1. The summed E-state index contributed by atoms with van der Waals surface area (Å²) >= 11 is 0.